The van der Waals surface area contributed by atoms with E-state index in [1.807, 2.05) is 4.57 Å². The minimum Gasteiger partial charge on any atom is -0.497 e. The van der Waals surface area contributed by atoms with Crippen molar-refractivity contribution >= 4 is 11.0 Å². The normalized spacial score (nSPS) is 16.3. The van der Waals surface area contributed by atoms with Gasteiger partial charge in [0.15, 0.2) is 0 Å². The lowest BCUT2D eigenvalue weighted by Crippen LogP contribution is -2.52. The van der Waals surface area contributed by atoms with Crippen LogP contribution in [0, 0.1) is 0 Å². The molecule has 0 radical (unpaired) electrons. The van der Waals surface area contributed by atoms with Crippen LogP contribution in [0.25, 0.3) is 22.2 Å². The molecule has 27 heavy (non-hydrogen) atoms. The highest BCUT2D eigenvalue weighted by Gasteiger charge is 2.36. The zero-order valence-corrected chi connectivity index (χ0v) is 14.5. The van der Waals surface area contributed by atoms with Crippen molar-refractivity contribution in [1.29, 1.82) is 0 Å². The lowest BCUT2D eigenvalue weighted by molar-refractivity contribution is -0.184. The standard InChI is InChI=1S/C19H17F3N2O3/c1-26-15-5-13(4-14(7-15)19(20,21)22)12-2-3-17-16(6-12)23-11-24(17)8-18(25)9-27-10-18/h2-7,11,25H,8-10H2,1H3. The molecule has 0 aliphatic carbocycles. The summed E-state index contributed by atoms with van der Waals surface area (Å²) >= 11 is 0. The number of hydrogen-bond acceptors (Lipinski definition) is 4. The van der Waals surface area contributed by atoms with E-state index in [9.17, 15) is 18.3 Å². The summed E-state index contributed by atoms with van der Waals surface area (Å²) in [6.07, 6.45) is -2.85. The van der Waals surface area contributed by atoms with Crippen LogP contribution in [0.1, 0.15) is 5.56 Å². The van der Waals surface area contributed by atoms with Crippen LogP contribution >= 0.6 is 0 Å². The second-order valence-corrected chi connectivity index (χ2v) is 6.74. The number of aliphatic hydroxyl groups is 1. The van der Waals surface area contributed by atoms with E-state index in [0.29, 0.717) is 23.2 Å². The first-order valence-corrected chi connectivity index (χ1v) is 8.29. The van der Waals surface area contributed by atoms with Gasteiger partial charge in [-0.25, -0.2) is 4.98 Å². The Labute approximate surface area is 153 Å². The number of rotatable bonds is 4. The van der Waals surface area contributed by atoms with Crippen LogP contribution in [0.2, 0.25) is 0 Å². The summed E-state index contributed by atoms with van der Waals surface area (Å²) in [7, 11) is 1.33. The number of fused-ring (bicyclic) bond motifs is 1. The van der Waals surface area contributed by atoms with E-state index in [1.54, 1.807) is 30.6 Å². The average Bonchev–Trinajstić information content (AvgIpc) is 3.01. The summed E-state index contributed by atoms with van der Waals surface area (Å²) in [5.74, 6) is 0.137. The third-order valence-corrected chi connectivity index (χ3v) is 4.63. The number of alkyl halides is 3. The van der Waals surface area contributed by atoms with E-state index in [4.69, 9.17) is 9.47 Å². The number of benzene rings is 2. The monoisotopic (exact) mass is 378 g/mol. The van der Waals surface area contributed by atoms with E-state index in [2.05, 4.69) is 4.98 Å². The zero-order valence-electron chi connectivity index (χ0n) is 14.5. The molecule has 1 saturated heterocycles. The van der Waals surface area contributed by atoms with Crippen molar-refractivity contribution in [2.75, 3.05) is 20.3 Å². The summed E-state index contributed by atoms with van der Waals surface area (Å²) in [5.41, 5.74) is 0.744. The lowest BCUT2D eigenvalue weighted by atomic mass is 10.0. The van der Waals surface area contributed by atoms with Gasteiger partial charge in [0.25, 0.3) is 0 Å². The molecule has 0 atom stereocenters. The maximum absolute atomic E-state index is 13.1. The number of ether oxygens (including phenoxy) is 2. The Morgan fingerprint density at radius 3 is 2.59 bits per heavy atom. The third-order valence-electron chi connectivity index (χ3n) is 4.63. The van der Waals surface area contributed by atoms with Gasteiger partial charge in [0.1, 0.15) is 11.4 Å². The van der Waals surface area contributed by atoms with Crippen LogP contribution in [-0.4, -0.2) is 40.6 Å². The fourth-order valence-corrected chi connectivity index (χ4v) is 3.16. The summed E-state index contributed by atoms with van der Waals surface area (Å²) in [6, 6.07) is 8.86. The van der Waals surface area contributed by atoms with Gasteiger partial charge in [0.2, 0.25) is 0 Å². The minimum absolute atomic E-state index is 0.137. The van der Waals surface area contributed by atoms with E-state index in [-0.39, 0.29) is 19.0 Å². The van der Waals surface area contributed by atoms with Gasteiger partial charge in [0.05, 0.1) is 49.8 Å². The molecule has 1 aromatic heterocycles. The van der Waals surface area contributed by atoms with Crippen molar-refractivity contribution in [3.8, 4) is 16.9 Å². The zero-order chi connectivity index (χ0) is 19.2. The summed E-state index contributed by atoms with van der Waals surface area (Å²) in [5, 5.41) is 10.2. The van der Waals surface area contributed by atoms with Crippen molar-refractivity contribution in [2.24, 2.45) is 0 Å². The molecule has 142 valence electrons. The fourth-order valence-electron chi connectivity index (χ4n) is 3.16. The average molecular weight is 378 g/mol. The highest BCUT2D eigenvalue weighted by atomic mass is 19.4. The maximum Gasteiger partial charge on any atom is 0.416 e. The quantitative estimate of drug-likeness (QED) is 0.755. The minimum atomic E-state index is -4.46. The molecule has 1 N–H and O–H groups in total. The number of halogens is 3. The van der Waals surface area contributed by atoms with Gasteiger partial charge in [-0.1, -0.05) is 6.07 Å². The Morgan fingerprint density at radius 2 is 1.96 bits per heavy atom. The van der Waals surface area contributed by atoms with Gasteiger partial charge in [-0.2, -0.15) is 13.2 Å². The van der Waals surface area contributed by atoms with Gasteiger partial charge in [-0.15, -0.1) is 0 Å². The molecule has 4 rings (SSSR count). The predicted octanol–water partition coefficient (Wildman–Crippen LogP) is 3.49. The van der Waals surface area contributed by atoms with Crippen LogP contribution in [0.4, 0.5) is 13.2 Å². The van der Waals surface area contributed by atoms with Crippen LogP contribution in [0.15, 0.2) is 42.7 Å². The second-order valence-electron chi connectivity index (χ2n) is 6.74. The number of methoxy groups -OCH3 is 1. The van der Waals surface area contributed by atoms with Gasteiger partial charge in [-0.05, 0) is 41.5 Å². The van der Waals surface area contributed by atoms with Crippen LogP contribution in [-0.2, 0) is 17.5 Å². The Hall–Kier alpha value is -2.58. The lowest BCUT2D eigenvalue weighted by Gasteiger charge is -2.36. The number of imidazole rings is 1. The summed E-state index contributed by atoms with van der Waals surface area (Å²) in [6.45, 7) is 0.893. The highest BCUT2D eigenvalue weighted by Crippen LogP contribution is 2.36. The molecule has 1 fully saturated rings. The molecule has 1 aliphatic rings. The summed E-state index contributed by atoms with van der Waals surface area (Å²) in [4.78, 5) is 4.32. The van der Waals surface area contributed by atoms with Crippen LogP contribution in [0.3, 0.4) is 0 Å². The first-order valence-electron chi connectivity index (χ1n) is 8.29. The number of hydrogen-bond donors (Lipinski definition) is 1. The molecule has 0 amide bonds. The van der Waals surface area contributed by atoms with E-state index in [0.717, 1.165) is 17.6 Å². The summed E-state index contributed by atoms with van der Waals surface area (Å²) < 4.78 is 51.3. The molecule has 1 aliphatic heterocycles. The molecule has 2 heterocycles. The third kappa shape index (κ3) is 3.38. The molecule has 2 aromatic carbocycles. The van der Waals surface area contributed by atoms with Gasteiger partial charge < -0.3 is 19.1 Å². The van der Waals surface area contributed by atoms with Crippen molar-refractivity contribution < 1.29 is 27.8 Å². The number of aromatic nitrogens is 2. The Kier molecular flexibility index (Phi) is 4.12. The van der Waals surface area contributed by atoms with Crippen LogP contribution in [0.5, 0.6) is 5.75 Å². The maximum atomic E-state index is 13.1. The van der Waals surface area contributed by atoms with Crippen molar-refractivity contribution in [3.05, 3.63) is 48.3 Å². The molecule has 5 nitrogen and oxygen atoms in total. The molecule has 3 aromatic rings. The second kappa shape index (κ2) is 6.24. The van der Waals surface area contributed by atoms with Gasteiger partial charge in [-0.3, -0.25) is 0 Å². The molecular weight excluding hydrogens is 361 g/mol. The fraction of sp³-hybridized carbons (Fsp3) is 0.316. The smallest absolute Gasteiger partial charge is 0.416 e. The van der Waals surface area contributed by atoms with Gasteiger partial charge in [0, 0.05) is 0 Å². The van der Waals surface area contributed by atoms with E-state index >= 15 is 0 Å². The highest BCUT2D eigenvalue weighted by molar-refractivity contribution is 5.82. The molecule has 0 spiro atoms. The Balaban J connectivity index is 1.72. The molecule has 0 saturated carbocycles. The first-order chi connectivity index (χ1) is 12.8. The van der Waals surface area contributed by atoms with E-state index < -0.39 is 17.3 Å². The van der Waals surface area contributed by atoms with Gasteiger partial charge >= 0.3 is 6.18 Å². The Bertz CT molecular complexity index is 994. The molecule has 8 heteroatoms. The topological polar surface area (TPSA) is 56.5 Å². The van der Waals surface area contributed by atoms with Crippen molar-refractivity contribution in [3.63, 3.8) is 0 Å². The largest absolute Gasteiger partial charge is 0.497 e. The van der Waals surface area contributed by atoms with Crippen molar-refractivity contribution in [2.45, 2.75) is 18.3 Å². The first kappa shape index (κ1) is 17.8. The van der Waals surface area contributed by atoms with Crippen molar-refractivity contribution in [1.82, 2.24) is 9.55 Å². The number of nitrogens with zero attached hydrogens (tertiary/aromatic N) is 2. The molecular formula is C19H17F3N2O3. The van der Waals surface area contributed by atoms with E-state index in [1.165, 1.54) is 7.11 Å². The SMILES string of the molecule is COc1cc(-c2ccc3c(c2)ncn3CC2(O)COC2)cc(C(F)(F)F)c1. The molecule has 0 bridgehead atoms. The predicted molar refractivity (Wildman–Crippen MR) is 92.5 cm³/mol. The Morgan fingerprint density at radius 1 is 1.19 bits per heavy atom. The van der Waals surface area contributed by atoms with Crippen LogP contribution < -0.4 is 4.74 Å². The molecule has 0 unspecified atom stereocenters.